The Kier molecular flexibility index (Phi) is 2.59. The Morgan fingerprint density at radius 1 is 1.43 bits per heavy atom. The number of nitrogens with zero attached hydrogens (tertiary/aromatic N) is 1. The molecule has 4 heteroatoms. The van der Waals surface area contributed by atoms with Gasteiger partial charge in [0.05, 0.1) is 6.04 Å². The molecule has 1 amide bonds. The lowest BCUT2D eigenvalue weighted by molar-refractivity contribution is 0.170. The van der Waals surface area contributed by atoms with Crippen LogP contribution in [0.2, 0.25) is 0 Å². The van der Waals surface area contributed by atoms with Crippen LogP contribution >= 0.6 is 11.8 Å². The van der Waals surface area contributed by atoms with Crippen LogP contribution in [0.3, 0.4) is 0 Å². The van der Waals surface area contributed by atoms with E-state index in [0.29, 0.717) is 6.61 Å². The minimum absolute atomic E-state index is 0.0495. The van der Waals surface area contributed by atoms with Crippen molar-refractivity contribution in [1.82, 2.24) is 4.42 Å². The third-order valence-corrected chi connectivity index (χ3v) is 2.62. The molecule has 14 heavy (non-hydrogen) atoms. The second-order valence-corrected chi connectivity index (χ2v) is 3.60. The van der Waals surface area contributed by atoms with Crippen molar-refractivity contribution >= 4 is 17.9 Å². The predicted molar refractivity (Wildman–Crippen MR) is 53.0 cm³/mol. The van der Waals surface area contributed by atoms with E-state index in [2.05, 4.69) is 0 Å². The molecule has 1 saturated heterocycles. The fourth-order valence-electron chi connectivity index (χ4n) is 1.47. The minimum atomic E-state index is -0.451. The number of cyclic esters (lactones) is 1. The molecule has 0 radical (unpaired) electrons. The Balaban J connectivity index is 2.02. The van der Waals surface area contributed by atoms with E-state index >= 15 is 0 Å². The second-order valence-electron chi connectivity index (χ2n) is 3.23. The maximum absolute atomic E-state index is 10.9. The van der Waals surface area contributed by atoms with Gasteiger partial charge in [0.1, 0.15) is 6.61 Å². The Bertz CT molecular complexity index is 328. The van der Waals surface area contributed by atoms with Crippen LogP contribution in [0.4, 0.5) is 4.79 Å². The van der Waals surface area contributed by atoms with E-state index in [4.69, 9.17) is 16.5 Å². The van der Waals surface area contributed by atoms with Gasteiger partial charge < -0.3 is 4.74 Å². The minimum Gasteiger partial charge on any atom is -0.446 e. The fourth-order valence-corrected chi connectivity index (χ4v) is 1.64. The third-order valence-electron chi connectivity index (χ3n) is 2.21. The van der Waals surface area contributed by atoms with Crippen LogP contribution in [0.5, 0.6) is 0 Å². The number of halogens is 1. The highest BCUT2D eigenvalue weighted by Crippen LogP contribution is 2.18. The molecule has 1 fully saturated rings. The lowest BCUT2D eigenvalue weighted by Crippen LogP contribution is -2.26. The number of hydrogen-bond donors (Lipinski definition) is 0. The summed E-state index contributed by atoms with van der Waals surface area (Å²) in [6.45, 7) is 0.372. The zero-order chi connectivity index (χ0) is 9.97. The van der Waals surface area contributed by atoms with Crippen molar-refractivity contribution in [1.29, 1.82) is 0 Å². The number of hydrogen-bond acceptors (Lipinski definition) is 2. The van der Waals surface area contributed by atoms with Gasteiger partial charge >= 0.3 is 6.09 Å². The number of ether oxygens (including phenoxy) is 1. The number of amides is 1. The summed E-state index contributed by atoms with van der Waals surface area (Å²) < 4.78 is 5.94. The molecule has 0 saturated carbocycles. The van der Waals surface area contributed by atoms with E-state index in [1.807, 2.05) is 30.3 Å². The van der Waals surface area contributed by atoms with Gasteiger partial charge in [0, 0.05) is 11.8 Å². The first-order valence-electron chi connectivity index (χ1n) is 4.43. The first-order valence-corrected chi connectivity index (χ1v) is 4.77. The van der Waals surface area contributed by atoms with Crippen LogP contribution in [0.1, 0.15) is 5.56 Å². The summed E-state index contributed by atoms with van der Waals surface area (Å²) in [5.74, 6) is 0. The van der Waals surface area contributed by atoms with E-state index in [1.54, 1.807) is 0 Å². The molecule has 0 N–H and O–H groups in total. The smallest absolute Gasteiger partial charge is 0.424 e. The summed E-state index contributed by atoms with van der Waals surface area (Å²) in [6, 6.07) is 9.85. The SMILES string of the molecule is O=C1OCC(Cc2ccccc2)N1Cl. The van der Waals surface area contributed by atoms with Crippen molar-refractivity contribution in [2.75, 3.05) is 6.61 Å². The van der Waals surface area contributed by atoms with Gasteiger partial charge in [-0.1, -0.05) is 30.3 Å². The van der Waals surface area contributed by atoms with Crippen molar-refractivity contribution < 1.29 is 9.53 Å². The van der Waals surface area contributed by atoms with Crippen molar-refractivity contribution in [2.24, 2.45) is 0 Å². The van der Waals surface area contributed by atoms with Crippen LogP contribution in [-0.4, -0.2) is 23.2 Å². The first-order chi connectivity index (χ1) is 6.77. The Labute approximate surface area is 87.3 Å². The summed E-state index contributed by atoms with van der Waals surface area (Å²) >= 11 is 5.74. The zero-order valence-electron chi connectivity index (χ0n) is 7.52. The Hall–Kier alpha value is -1.22. The molecule has 3 nitrogen and oxygen atoms in total. The van der Waals surface area contributed by atoms with Crippen LogP contribution < -0.4 is 0 Å². The average Bonchev–Trinajstić information content (AvgIpc) is 2.52. The van der Waals surface area contributed by atoms with Crippen LogP contribution in [0.15, 0.2) is 30.3 Å². The number of carbonyl (C=O) groups excluding carboxylic acids is 1. The molecule has 0 bridgehead atoms. The highest BCUT2D eigenvalue weighted by Gasteiger charge is 2.31. The van der Waals surface area contributed by atoms with Gasteiger partial charge in [-0.25, -0.2) is 9.21 Å². The highest BCUT2D eigenvalue weighted by molar-refractivity contribution is 6.20. The lowest BCUT2D eigenvalue weighted by Gasteiger charge is -2.12. The van der Waals surface area contributed by atoms with Crippen LogP contribution in [0, 0.1) is 0 Å². The van der Waals surface area contributed by atoms with Crippen molar-refractivity contribution in [3.63, 3.8) is 0 Å². The molecule has 1 atom stereocenters. The standard InChI is InChI=1S/C10H10ClNO2/c11-12-9(7-14-10(12)13)6-8-4-2-1-3-5-8/h1-5,9H,6-7H2. The molecule has 1 aromatic carbocycles. The molecule has 1 heterocycles. The summed E-state index contributed by atoms with van der Waals surface area (Å²) in [4.78, 5) is 10.9. The fraction of sp³-hybridized carbons (Fsp3) is 0.300. The third kappa shape index (κ3) is 1.82. The topological polar surface area (TPSA) is 29.5 Å². The van der Waals surface area contributed by atoms with Crippen molar-refractivity contribution in [3.8, 4) is 0 Å². The lowest BCUT2D eigenvalue weighted by atomic mass is 10.1. The molecule has 0 spiro atoms. The van der Waals surface area contributed by atoms with Gasteiger partial charge in [0.25, 0.3) is 0 Å². The van der Waals surface area contributed by atoms with Gasteiger partial charge in [0.2, 0.25) is 0 Å². The van der Waals surface area contributed by atoms with E-state index in [-0.39, 0.29) is 6.04 Å². The van der Waals surface area contributed by atoms with Crippen molar-refractivity contribution in [2.45, 2.75) is 12.5 Å². The number of benzene rings is 1. The average molecular weight is 212 g/mol. The van der Waals surface area contributed by atoms with Gasteiger partial charge in [-0.3, -0.25) is 0 Å². The highest BCUT2D eigenvalue weighted by atomic mass is 35.5. The summed E-state index contributed by atoms with van der Waals surface area (Å²) in [5, 5.41) is 0. The molecular formula is C10H10ClNO2. The first kappa shape index (κ1) is 9.34. The molecular weight excluding hydrogens is 202 g/mol. The number of carbonyl (C=O) groups is 1. The maximum Gasteiger partial charge on any atom is 0.424 e. The molecule has 0 aliphatic carbocycles. The van der Waals surface area contributed by atoms with E-state index in [1.165, 1.54) is 0 Å². The van der Waals surface area contributed by atoms with E-state index in [0.717, 1.165) is 16.4 Å². The van der Waals surface area contributed by atoms with E-state index in [9.17, 15) is 4.79 Å². The molecule has 1 aliphatic heterocycles. The normalized spacial score (nSPS) is 21.1. The molecule has 1 aromatic rings. The molecule has 2 rings (SSSR count). The summed E-state index contributed by atoms with van der Waals surface area (Å²) in [5.41, 5.74) is 1.15. The van der Waals surface area contributed by atoms with Crippen molar-refractivity contribution in [3.05, 3.63) is 35.9 Å². The largest absolute Gasteiger partial charge is 0.446 e. The second kappa shape index (κ2) is 3.88. The monoisotopic (exact) mass is 211 g/mol. The molecule has 0 aromatic heterocycles. The van der Waals surface area contributed by atoms with Gasteiger partial charge in [0.15, 0.2) is 0 Å². The Morgan fingerprint density at radius 3 is 2.71 bits per heavy atom. The quantitative estimate of drug-likeness (QED) is 0.702. The molecule has 1 aliphatic rings. The predicted octanol–water partition coefficient (Wildman–Crippen LogP) is 2.20. The zero-order valence-corrected chi connectivity index (χ0v) is 8.28. The number of rotatable bonds is 2. The summed E-state index contributed by atoms with van der Waals surface area (Å²) in [7, 11) is 0. The van der Waals surface area contributed by atoms with Gasteiger partial charge in [-0.2, -0.15) is 0 Å². The van der Waals surface area contributed by atoms with Gasteiger partial charge in [-0.05, 0) is 12.0 Å². The van der Waals surface area contributed by atoms with Gasteiger partial charge in [-0.15, -0.1) is 0 Å². The molecule has 1 unspecified atom stereocenters. The maximum atomic E-state index is 10.9. The van der Waals surface area contributed by atoms with Crippen LogP contribution in [-0.2, 0) is 11.2 Å². The van der Waals surface area contributed by atoms with E-state index < -0.39 is 6.09 Å². The Morgan fingerprint density at radius 2 is 2.14 bits per heavy atom. The van der Waals surface area contributed by atoms with Crippen LogP contribution in [0.25, 0.3) is 0 Å². The molecule has 74 valence electrons. The summed E-state index contributed by atoms with van der Waals surface area (Å²) in [6.07, 6.45) is 0.281.